The van der Waals surface area contributed by atoms with E-state index in [0.717, 1.165) is 35.1 Å². The van der Waals surface area contributed by atoms with E-state index in [0.29, 0.717) is 47.2 Å². The van der Waals surface area contributed by atoms with Gasteiger partial charge in [0.2, 0.25) is 0 Å². The largest absolute Gasteiger partial charge is 0.347 e. The van der Waals surface area contributed by atoms with E-state index in [1.807, 2.05) is 45.1 Å². The Bertz CT molecular complexity index is 1330. The Morgan fingerprint density at radius 1 is 1.07 bits per heavy atom. The highest BCUT2D eigenvalue weighted by atomic mass is 35.5. The van der Waals surface area contributed by atoms with Crippen LogP contribution in [0.5, 0.6) is 0 Å². The Kier molecular flexibility index (Phi) is 11.2. The molecule has 212 valence electrons. The van der Waals surface area contributed by atoms with Crippen molar-refractivity contribution in [2.24, 2.45) is 5.92 Å². The smallest absolute Gasteiger partial charge is 0.258 e. The number of allylic oxidation sites excluding steroid dienone is 4. The molecule has 0 radical (unpaired) electrons. The van der Waals surface area contributed by atoms with Crippen molar-refractivity contribution in [1.29, 1.82) is 0 Å². The molecule has 3 rings (SSSR count). The summed E-state index contributed by atoms with van der Waals surface area (Å²) in [6, 6.07) is 13.5. The summed E-state index contributed by atoms with van der Waals surface area (Å²) in [4.78, 5) is 28.6. The molecular weight excluding hydrogens is 516 g/mol. The van der Waals surface area contributed by atoms with Crippen molar-refractivity contribution in [3.63, 3.8) is 0 Å². The van der Waals surface area contributed by atoms with E-state index >= 15 is 0 Å². The maximum Gasteiger partial charge on any atom is 0.258 e. The maximum absolute atomic E-state index is 13.5. The second-order valence-electron chi connectivity index (χ2n) is 10.9. The normalized spacial score (nSPS) is 15.1. The molecule has 40 heavy (non-hydrogen) atoms. The molecule has 0 aromatic heterocycles. The minimum atomic E-state index is -0.330. The fourth-order valence-electron chi connectivity index (χ4n) is 5.01. The molecule has 5 heteroatoms. The van der Waals surface area contributed by atoms with Crippen LogP contribution in [0.4, 0.5) is 0 Å². The summed E-state index contributed by atoms with van der Waals surface area (Å²) in [7, 11) is 0. The van der Waals surface area contributed by atoms with Gasteiger partial charge in [0.05, 0.1) is 6.04 Å². The zero-order valence-corrected chi connectivity index (χ0v) is 25.6. The Balaban J connectivity index is 1.88. The molecule has 2 aromatic rings. The lowest BCUT2D eigenvalue weighted by Crippen LogP contribution is -2.45. The molecular formula is C35H43ClN2O2. The number of benzene rings is 2. The summed E-state index contributed by atoms with van der Waals surface area (Å²) in [5, 5.41) is 3.79. The van der Waals surface area contributed by atoms with Crippen LogP contribution >= 0.6 is 11.6 Å². The molecule has 1 atom stereocenters. The van der Waals surface area contributed by atoms with E-state index in [4.69, 9.17) is 11.6 Å². The third kappa shape index (κ3) is 7.63. The second-order valence-corrected chi connectivity index (χ2v) is 11.3. The number of hydrogen-bond donors (Lipinski definition) is 1. The van der Waals surface area contributed by atoms with Crippen molar-refractivity contribution in [2.45, 2.75) is 73.3 Å². The SMILES string of the molecule is C=C1C(CC)=C(/C=C\CC)C(=O)N1C[C@H](Cc1ccc(/C(C)=C/C)cc1)NC(=O)c1ccc(CC(C)C)c(Cl)c1. The number of amides is 2. The monoisotopic (exact) mass is 558 g/mol. The first kappa shape index (κ1) is 31.2. The third-order valence-corrected chi connectivity index (χ3v) is 7.71. The number of hydrogen-bond acceptors (Lipinski definition) is 2. The van der Waals surface area contributed by atoms with Crippen LogP contribution in [-0.4, -0.2) is 29.3 Å². The molecule has 0 unspecified atom stereocenters. The fourth-order valence-corrected chi connectivity index (χ4v) is 5.27. The first-order chi connectivity index (χ1) is 19.1. The Hall–Kier alpha value is -3.37. The molecule has 2 amide bonds. The van der Waals surface area contributed by atoms with Crippen molar-refractivity contribution < 1.29 is 9.59 Å². The fraction of sp³-hybridized carbons (Fsp3) is 0.371. The van der Waals surface area contributed by atoms with E-state index in [1.54, 1.807) is 11.0 Å². The minimum absolute atomic E-state index is 0.0639. The zero-order valence-electron chi connectivity index (χ0n) is 24.8. The minimum Gasteiger partial charge on any atom is -0.347 e. The number of carbonyl (C=O) groups is 2. The number of rotatable bonds is 12. The highest BCUT2D eigenvalue weighted by Gasteiger charge is 2.33. The van der Waals surface area contributed by atoms with Crippen LogP contribution in [0.25, 0.3) is 5.57 Å². The van der Waals surface area contributed by atoms with Gasteiger partial charge in [-0.1, -0.05) is 94.4 Å². The number of nitrogens with zero attached hydrogens (tertiary/aromatic N) is 1. The molecule has 1 aliphatic rings. The average molecular weight is 559 g/mol. The molecule has 0 spiro atoms. The molecule has 0 saturated heterocycles. The topological polar surface area (TPSA) is 49.4 Å². The summed E-state index contributed by atoms with van der Waals surface area (Å²) in [5.41, 5.74) is 7.35. The van der Waals surface area contributed by atoms with Gasteiger partial charge in [0, 0.05) is 28.4 Å². The number of nitrogens with one attached hydrogen (secondary N) is 1. The van der Waals surface area contributed by atoms with Crippen molar-refractivity contribution in [3.05, 3.63) is 111 Å². The molecule has 1 N–H and O–H groups in total. The van der Waals surface area contributed by atoms with Gasteiger partial charge in [0.1, 0.15) is 0 Å². The van der Waals surface area contributed by atoms with Gasteiger partial charge >= 0.3 is 0 Å². The molecule has 1 aliphatic heterocycles. The maximum atomic E-state index is 13.5. The van der Waals surface area contributed by atoms with Crippen molar-refractivity contribution >= 4 is 29.0 Å². The van der Waals surface area contributed by atoms with Crippen LogP contribution in [0.2, 0.25) is 5.02 Å². The van der Waals surface area contributed by atoms with E-state index < -0.39 is 0 Å². The molecule has 2 aromatic carbocycles. The number of halogens is 1. The summed E-state index contributed by atoms with van der Waals surface area (Å²) < 4.78 is 0. The van der Waals surface area contributed by atoms with Crippen LogP contribution in [0.1, 0.15) is 81.4 Å². The molecule has 0 saturated carbocycles. The molecule has 4 nitrogen and oxygen atoms in total. The first-order valence-corrected chi connectivity index (χ1v) is 14.7. The van der Waals surface area contributed by atoms with Crippen molar-refractivity contribution in [3.8, 4) is 0 Å². The van der Waals surface area contributed by atoms with Gasteiger partial charge in [-0.15, -0.1) is 0 Å². The van der Waals surface area contributed by atoms with Crippen LogP contribution in [0.3, 0.4) is 0 Å². The van der Waals surface area contributed by atoms with E-state index in [-0.39, 0.29) is 17.9 Å². The Labute approximate surface area is 245 Å². The van der Waals surface area contributed by atoms with Gasteiger partial charge in [-0.25, -0.2) is 0 Å². The van der Waals surface area contributed by atoms with Gasteiger partial charge in [-0.05, 0) is 85.4 Å². The molecule has 0 bridgehead atoms. The Morgan fingerprint density at radius 3 is 2.33 bits per heavy atom. The van der Waals surface area contributed by atoms with Gasteiger partial charge in [0.15, 0.2) is 0 Å². The lowest BCUT2D eigenvalue weighted by Gasteiger charge is -2.27. The summed E-state index contributed by atoms with van der Waals surface area (Å²) in [6.07, 6.45) is 8.98. The summed E-state index contributed by atoms with van der Waals surface area (Å²) >= 11 is 6.54. The van der Waals surface area contributed by atoms with Gasteiger partial charge < -0.3 is 10.2 Å². The average Bonchev–Trinajstić information content (AvgIpc) is 3.15. The van der Waals surface area contributed by atoms with Crippen molar-refractivity contribution in [1.82, 2.24) is 10.2 Å². The lowest BCUT2D eigenvalue weighted by molar-refractivity contribution is -0.124. The number of carbonyl (C=O) groups excluding carboxylic acids is 2. The first-order valence-electron chi connectivity index (χ1n) is 14.3. The molecule has 0 aliphatic carbocycles. The van der Waals surface area contributed by atoms with E-state index in [2.05, 4.69) is 63.0 Å². The van der Waals surface area contributed by atoms with Gasteiger partial charge in [-0.3, -0.25) is 9.59 Å². The standard InChI is InChI=1S/C35H43ClN2O2/c1-8-11-12-32-31(10-3)25(7)38(35(32)40)22-30(20-26-13-15-27(16-14-26)24(6)9-2)37-34(39)29-18-17-28(19-23(4)5)33(36)21-29/h9,11-18,21,23,30H,7-8,10,19-20,22H2,1-6H3,(H,37,39)/b12-11-,24-9+/t30-/m0/s1. The van der Waals surface area contributed by atoms with E-state index in [1.165, 1.54) is 5.57 Å². The van der Waals surface area contributed by atoms with Crippen LogP contribution < -0.4 is 5.32 Å². The summed E-state index contributed by atoms with van der Waals surface area (Å²) in [5.74, 6) is 0.191. The summed E-state index contributed by atoms with van der Waals surface area (Å²) in [6.45, 7) is 17.1. The zero-order chi connectivity index (χ0) is 29.4. The second kappa shape index (κ2) is 14.3. The lowest BCUT2D eigenvalue weighted by atomic mass is 9.99. The van der Waals surface area contributed by atoms with E-state index in [9.17, 15) is 9.59 Å². The highest BCUT2D eigenvalue weighted by Crippen LogP contribution is 2.32. The van der Waals surface area contributed by atoms with Crippen LogP contribution in [0.15, 0.2) is 84.1 Å². The quantitative estimate of drug-likeness (QED) is 0.284. The Morgan fingerprint density at radius 2 is 1.75 bits per heavy atom. The third-order valence-electron chi connectivity index (χ3n) is 7.35. The molecule has 0 fully saturated rings. The van der Waals surface area contributed by atoms with Crippen LogP contribution in [0, 0.1) is 5.92 Å². The van der Waals surface area contributed by atoms with Gasteiger partial charge in [0.25, 0.3) is 11.8 Å². The van der Waals surface area contributed by atoms with Crippen molar-refractivity contribution in [2.75, 3.05) is 6.54 Å². The predicted octanol–water partition coefficient (Wildman–Crippen LogP) is 8.33. The predicted molar refractivity (Wildman–Crippen MR) is 168 cm³/mol. The molecule has 1 heterocycles. The van der Waals surface area contributed by atoms with Crippen LogP contribution in [-0.2, 0) is 17.6 Å². The van der Waals surface area contributed by atoms with Gasteiger partial charge in [-0.2, -0.15) is 0 Å². The highest BCUT2D eigenvalue weighted by molar-refractivity contribution is 6.31.